The fraction of sp³-hybridized carbons (Fsp3) is 0.438. The molecule has 6 heteroatoms. The van der Waals surface area contributed by atoms with Crippen LogP contribution in [0, 0.1) is 0 Å². The maximum Gasteiger partial charge on any atom is 0.305 e. The highest BCUT2D eigenvalue weighted by atomic mass is 16.4. The minimum Gasteiger partial charge on any atom is -0.481 e. The molecule has 1 atom stereocenters. The van der Waals surface area contributed by atoms with Crippen LogP contribution in [0.1, 0.15) is 31.2 Å². The molecule has 116 valence electrons. The Morgan fingerprint density at radius 2 is 2.27 bits per heavy atom. The Hall–Kier alpha value is -2.37. The summed E-state index contributed by atoms with van der Waals surface area (Å²) in [6.45, 7) is 0.650. The summed E-state index contributed by atoms with van der Waals surface area (Å²) in [4.78, 5) is 32.6. The lowest BCUT2D eigenvalue weighted by Crippen LogP contribution is -2.45. The summed E-state index contributed by atoms with van der Waals surface area (Å²) in [6.07, 6.45) is 6.52. The summed E-state index contributed by atoms with van der Waals surface area (Å²) in [5.74, 6) is -0.850. The molecule has 0 spiro atoms. The first-order valence-electron chi connectivity index (χ1n) is 7.57. The fourth-order valence-electron chi connectivity index (χ4n) is 3.17. The van der Waals surface area contributed by atoms with Crippen LogP contribution in [0.25, 0.3) is 11.0 Å². The highest BCUT2D eigenvalue weighted by Crippen LogP contribution is 2.22. The molecule has 1 fully saturated rings. The molecule has 3 heterocycles. The van der Waals surface area contributed by atoms with Gasteiger partial charge < -0.3 is 15.0 Å². The number of carboxylic acids is 1. The van der Waals surface area contributed by atoms with Gasteiger partial charge in [0.1, 0.15) is 5.65 Å². The summed E-state index contributed by atoms with van der Waals surface area (Å²) in [7, 11) is 0. The average Bonchev–Trinajstić information content (AvgIpc) is 2.90. The lowest BCUT2D eigenvalue weighted by molar-refractivity contribution is -0.141. The van der Waals surface area contributed by atoms with Crippen molar-refractivity contribution in [1.82, 2.24) is 14.9 Å². The van der Waals surface area contributed by atoms with Crippen LogP contribution in [0.15, 0.2) is 24.5 Å². The second-order valence-electron chi connectivity index (χ2n) is 5.72. The van der Waals surface area contributed by atoms with E-state index in [-0.39, 0.29) is 24.8 Å². The van der Waals surface area contributed by atoms with Gasteiger partial charge in [0, 0.05) is 30.4 Å². The Kier molecular flexibility index (Phi) is 4.09. The number of aromatic amines is 1. The van der Waals surface area contributed by atoms with Crippen LogP contribution in [-0.2, 0) is 16.0 Å². The molecule has 0 radical (unpaired) electrons. The highest BCUT2D eigenvalue weighted by Gasteiger charge is 2.28. The first kappa shape index (κ1) is 14.6. The number of aliphatic carboxylic acids is 1. The summed E-state index contributed by atoms with van der Waals surface area (Å²) >= 11 is 0. The maximum atomic E-state index is 12.6. The average molecular weight is 301 g/mol. The van der Waals surface area contributed by atoms with Crippen molar-refractivity contribution < 1.29 is 14.7 Å². The van der Waals surface area contributed by atoms with Gasteiger partial charge in [0.15, 0.2) is 0 Å². The number of carbonyl (C=O) groups is 2. The lowest BCUT2D eigenvalue weighted by atomic mass is 9.98. The summed E-state index contributed by atoms with van der Waals surface area (Å²) in [6, 6.07) is 3.60. The van der Waals surface area contributed by atoms with Crippen molar-refractivity contribution in [3.8, 4) is 0 Å². The van der Waals surface area contributed by atoms with Gasteiger partial charge in [-0.1, -0.05) is 0 Å². The van der Waals surface area contributed by atoms with Crippen molar-refractivity contribution in [3.63, 3.8) is 0 Å². The molecule has 0 aliphatic carbocycles. The molecule has 1 saturated heterocycles. The second kappa shape index (κ2) is 6.17. The number of hydrogen-bond acceptors (Lipinski definition) is 3. The van der Waals surface area contributed by atoms with Gasteiger partial charge in [-0.05, 0) is 37.0 Å². The van der Waals surface area contributed by atoms with Gasteiger partial charge in [0.05, 0.1) is 12.8 Å². The predicted molar refractivity (Wildman–Crippen MR) is 81.4 cm³/mol. The van der Waals surface area contributed by atoms with Crippen molar-refractivity contribution in [3.05, 3.63) is 30.1 Å². The normalized spacial score (nSPS) is 18.5. The van der Waals surface area contributed by atoms with Crippen molar-refractivity contribution >= 4 is 22.9 Å². The van der Waals surface area contributed by atoms with E-state index in [9.17, 15) is 9.59 Å². The third-order valence-electron chi connectivity index (χ3n) is 4.24. The van der Waals surface area contributed by atoms with E-state index >= 15 is 0 Å². The second-order valence-corrected chi connectivity index (χ2v) is 5.72. The van der Waals surface area contributed by atoms with Crippen LogP contribution < -0.4 is 0 Å². The van der Waals surface area contributed by atoms with Crippen molar-refractivity contribution in [2.24, 2.45) is 0 Å². The van der Waals surface area contributed by atoms with E-state index in [1.807, 2.05) is 18.3 Å². The van der Waals surface area contributed by atoms with E-state index in [1.165, 1.54) is 0 Å². The van der Waals surface area contributed by atoms with Crippen LogP contribution in [-0.4, -0.2) is 44.4 Å². The largest absolute Gasteiger partial charge is 0.481 e. The molecule has 0 saturated carbocycles. The summed E-state index contributed by atoms with van der Waals surface area (Å²) in [5.41, 5.74) is 1.68. The minimum absolute atomic E-state index is 0.00398. The number of rotatable bonds is 4. The zero-order valence-electron chi connectivity index (χ0n) is 12.3. The lowest BCUT2D eigenvalue weighted by Gasteiger charge is -2.35. The third kappa shape index (κ3) is 2.95. The molecule has 2 aromatic heterocycles. The third-order valence-corrected chi connectivity index (χ3v) is 4.24. The monoisotopic (exact) mass is 301 g/mol. The number of pyridine rings is 1. The SMILES string of the molecule is O=C(O)CC1CCCCN1C(=O)Cc1c[nH]c2ncccc12. The number of nitrogens with one attached hydrogen (secondary N) is 1. The molecule has 22 heavy (non-hydrogen) atoms. The summed E-state index contributed by atoms with van der Waals surface area (Å²) < 4.78 is 0. The Morgan fingerprint density at radius 3 is 3.09 bits per heavy atom. The number of aromatic nitrogens is 2. The first-order valence-corrected chi connectivity index (χ1v) is 7.57. The number of fused-ring (bicyclic) bond motifs is 1. The zero-order valence-corrected chi connectivity index (χ0v) is 12.3. The van der Waals surface area contributed by atoms with Gasteiger partial charge in [-0.2, -0.15) is 0 Å². The molecule has 1 aliphatic rings. The minimum atomic E-state index is -0.846. The fourth-order valence-corrected chi connectivity index (χ4v) is 3.17. The molecule has 1 aliphatic heterocycles. The molecule has 2 N–H and O–H groups in total. The van der Waals surface area contributed by atoms with Gasteiger partial charge in [0.2, 0.25) is 5.91 Å². The molecule has 0 aromatic carbocycles. The molecular formula is C16H19N3O3. The molecule has 6 nitrogen and oxygen atoms in total. The number of hydrogen-bond donors (Lipinski definition) is 2. The Morgan fingerprint density at radius 1 is 1.41 bits per heavy atom. The van der Waals surface area contributed by atoms with Crippen LogP contribution in [0.3, 0.4) is 0 Å². The topological polar surface area (TPSA) is 86.3 Å². The van der Waals surface area contributed by atoms with E-state index in [1.54, 1.807) is 11.1 Å². The maximum absolute atomic E-state index is 12.6. The Labute approximate surface area is 128 Å². The van der Waals surface area contributed by atoms with Crippen LogP contribution >= 0.6 is 0 Å². The number of H-pyrrole nitrogens is 1. The van der Waals surface area contributed by atoms with Crippen LogP contribution in [0.4, 0.5) is 0 Å². The highest BCUT2D eigenvalue weighted by molar-refractivity contribution is 5.87. The van der Waals surface area contributed by atoms with E-state index < -0.39 is 5.97 Å². The smallest absolute Gasteiger partial charge is 0.305 e. The van der Waals surface area contributed by atoms with Crippen LogP contribution in [0.5, 0.6) is 0 Å². The molecule has 1 amide bonds. The number of piperidine rings is 1. The molecular weight excluding hydrogens is 282 g/mol. The van der Waals surface area contributed by atoms with Gasteiger partial charge in [-0.3, -0.25) is 9.59 Å². The Balaban J connectivity index is 1.76. The van der Waals surface area contributed by atoms with Gasteiger partial charge in [0.25, 0.3) is 0 Å². The summed E-state index contributed by atoms with van der Waals surface area (Å²) in [5, 5.41) is 9.96. The van der Waals surface area contributed by atoms with Crippen LogP contribution in [0.2, 0.25) is 0 Å². The van der Waals surface area contributed by atoms with Crippen molar-refractivity contribution in [2.45, 2.75) is 38.1 Å². The van der Waals surface area contributed by atoms with Gasteiger partial charge >= 0.3 is 5.97 Å². The number of carboxylic acid groups (broad SMARTS) is 1. The quantitative estimate of drug-likeness (QED) is 0.904. The number of nitrogens with zero attached hydrogens (tertiary/aromatic N) is 2. The zero-order chi connectivity index (χ0) is 15.5. The standard InChI is InChI=1S/C16H19N3O3/c20-14(19-7-2-1-4-12(19)9-15(21)22)8-11-10-18-16-13(11)5-3-6-17-16/h3,5-6,10,12H,1-2,4,7-9H2,(H,17,18)(H,21,22). The Bertz CT molecular complexity index is 695. The van der Waals surface area contributed by atoms with Crippen molar-refractivity contribution in [2.75, 3.05) is 6.54 Å². The van der Waals surface area contributed by atoms with E-state index in [2.05, 4.69) is 9.97 Å². The van der Waals surface area contributed by atoms with E-state index in [0.717, 1.165) is 35.9 Å². The molecule has 0 bridgehead atoms. The van der Waals surface area contributed by atoms with Gasteiger partial charge in [-0.25, -0.2) is 4.98 Å². The van der Waals surface area contributed by atoms with Gasteiger partial charge in [-0.15, -0.1) is 0 Å². The number of likely N-dealkylation sites (tertiary alicyclic amines) is 1. The predicted octanol–water partition coefficient (Wildman–Crippen LogP) is 1.96. The first-order chi connectivity index (χ1) is 10.6. The van der Waals surface area contributed by atoms with Crippen molar-refractivity contribution in [1.29, 1.82) is 0 Å². The van der Waals surface area contributed by atoms with E-state index in [0.29, 0.717) is 6.54 Å². The molecule has 1 unspecified atom stereocenters. The molecule has 2 aromatic rings. The van der Waals surface area contributed by atoms with E-state index in [4.69, 9.17) is 5.11 Å². The number of amides is 1. The number of carbonyl (C=O) groups excluding carboxylic acids is 1. The molecule has 3 rings (SSSR count).